The molecule has 0 fully saturated rings. The van der Waals surface area contributed by atoms with Gasteiger partial charge in [0.2, 0.25) is 5.91 Å². The summed E-state index contributed by atoms with van der Waals surface area (Å²) in [6.45, 7) is 5.12. The molecule has 26 heavy (non-hydrogen) atoms. The fourth-order valence-corrected chi connectivity index (χ4v) is 2.48. The van der Waals surface area contributed by atoms with E-state index in [1.807, 2.05) is 18.2 Å². The van der Waals surface area contributed by atoms with Crippen LogP contribution in [0.3, 0.4) is 0 Å². The second-order valence-electron chi connectivity index (χ2n) is 6.01. The fraction of sp³-hybridized carbons (Fsp3) is 0.316. The van der Waals surface area contributed by atoms with E-state index in [0.29, 0.717) is 29.8 Å². The number of ketones is 1. The maximum Gasteiger partial charge on any atom is 0.285 e. The maximum atomic E-state index is 12.4. The van der Waals surface area contributed by atoms with Gasteiger partial charge in [0.05, 0.1) is 5.69 Å². The topological polar surface area (TPSA) is 105 Å². The zero-order valence-electron chi connectivity index (χ0n) is 15.0. The van der Waals surface area contributed by atoms with Crippen molar-refractivity contribution in [1.82, 2.24) is 15.1 Å². The van der Waals surface area contributed by atoms with Crippen molar-refractivity contribution >= 4 is 11.7 Å². The Morgan fingerprint density at radius 3 is 2.46 bits per heavy atom. The summed E-state index contributed by atoms with van der Waals surface area (Å²) >= 11 is 0. The molecule has 1 amide bonds. The fourth-order valence-electron chi connectivity index (χ4n) is 2.48. The Balaban J connectivity index is 2.14. The van der Waals surface area contributed by atoms with Gasteiger partial charge in [-0.1, -0.05) is 24.3 Å². The molecule has 0 atom stereocenters. The number of rotatable bonds is 6. The lowest BCUT2D eigenvalue weighted by Crippen LogP contribution is -2.30. The van der Waals surface area contributed by atoms with Crippen LogP contribution in [0.4, 0.5) is 0 Å². The smallest absolute Gasteiger partial charge is 0.285 e. The summed E-state index contributed by atoms with van der Waals surface area (Å²) in [6, 6.07) is 8.87. The van der Waals surface area contributed by atoms with Crippen molar-refractivity contribution in [3.63, 3.8) is 0 Å². The van der Waals surface area contributed by atoms with Crippen molar-refractivity contribution in [3.05, 3.63) is 62.6 Å². The molecule has 1 aromatic heterocycles. The minimum Gasteiger partial charge on any atom is -0.356 e. The van der Waals surface area contributed by atoms with Gasteiger partial charge in [-0.3, -0.25) is 14.4 Å². The largest absolute Gasteiger partial charge is 0.356 e. The number of aryl methyl sites for hydroxylation is 1. The molecule has 0 spiro atoms. The number of carbonyl (C=O) groups is 2. The Labute approximate surface area is 151 Å². The van der Waals surface area contributed by atoms with Gasteiger partial charge in [0.15, 0.2) is 5.78 Å². The summed E-state index contributed by atoms with van der Waals surface area (Å²) in [6.07, 6.45) is 0.664. The highest BCUT2D eigenvalue weighted by Crippen LogP contribution is 2.08. The zero-order valence-corrected chi connectivity index (χ0v) is 15.0. The first kappa shape index (κ1) is 19.1. The second-order valence-corrected chi connectivity index (χ2v) is 6.01. The third kappa shape index (κ3) is 4.42. The summed E-state index contributed by atoms with van der Waals surface area (Å²) in [5.74, 6) is -0.347. The van der Waals surface area contributed by atoms with Gasteiger partial charge in [0.1, 0.15) is 18.2 Å². The number of nitriles is 1. The molecule has 0 bridgehead atoms. The van der Waals surface area contributed by atoms with Gasteiger partial charge in [-0.2, -0.15) is 10.4 Å². The van der Waals surface area contributed by atoms with Gasteiger partial charge in [-0.15, -0.1) is 0 Å². The van der Waals surface area contributed by atoms with E-state index in [-0.39, 0.29) is 23.8 Å². The normalized spacial score (nSPS) is 10.2. The first-order chi connectivity index (χ1) is 12.3. The van der Waals surface area contributed by atoms with Crippen LogP contribution in [0.1, 0.15) is 39.7 Å². The number of Topliss-reactive ketones (excluding diaryl/α,β-unsaturated/α-hetero) is 1. The molecule has 0 aliphatic carbocycles. The minimum absolute atomic E-state index is 0.0126. The lowest BCUT2D eigenvalue weighted by Gasteiger charge is -2.09. The summed E-state index contributed by atoms with van der Waals surface area (Å²) in [5.41, 5.74) is 1.98. The van der Waals surface area contributed by atoms with Crippen LogP contribution < -0.4 is 10.9 Å². The average molecular weight is 352 g/mol. The summed E-state index contributed by atoms with van der Waals surface area (Å²) in [7, 11) is 0. The van der Waals surface area contributed by atoms with Crippen LogP contribution >= 0.6 is 0 Å². The first-order valence-electron chi connectivity index (χ1n) is 8.18. The van der Waals surface area contributed by atoms with Crippen molar-refractivity contribution in [3.8, 4) is 6.07 Å². The third-order valence-corrected chi connectivity index (χ3v) is 4.11. The average Bonchev–Trinajstić information content (AvgIpc) is 2.60. The van der Waals surface area contributed by atoms with E-state index in [0.717, 1.165) is 10.2 Å². The van der Waals surface area contributed by atoms with E-state index in [1.54, 1.807) is 26.0 Å². The monoisotopic (exact) mass is 352 g/mol. The highest BCUT2D eigenvalue weighted by molar-refractivity contribution is 5.95. The number of hydrogen-bond acceptors (Lipinski definition) is 5. The Morgan fingerprint density at radius 1 is 1.23 bits per heavy atom. The number of carbonyl (C=O) groups excluding carboxylic acids is 2. The van der Waals surface area contributed by atoms with Crippen molar-refractivity contribution in [1.29, 1.82) is 5.26 Å². The van der Waals surface area contributed by atoms with Crippen molar-refractivity contribution in [2.24, 2.45) is 0 Å². The maximum absolute atomic E-state index is 12.4. The number of amides is 1. The lowest BCUT2D eigenvalue weighted by atomic mass is 10.1. The molecule has 2 aromatic rings. The van der Waals surface area contributed by atoms with E-state index in [9.17, 15) is 14.4 Å². The van der Waals surface area contributed by atoms with Crippen LogP contribution in [0, 0.1) is 25.2 Å². The molecule has 134 valence electrons. The molecule has 0 saturated heterocycles. The number of hydrogen-bond donors (Lipinski definition) is 1. The van der Waals surface area contributed by atoms with Gasteiger partial charge >= 0.3 is 0 Å². The summed E-state index contributed by atoms with van der Waals surface area (Å²) < 4.78 is 1.04. The van der Waals surface area contributed by atoms with Gasteiger partial charge in [0.25, 0.3) is 5.56 Å². The van der Waals surface area contributed by atoms with Crippen LogP contribution in [0.2, 0.25) is 0 Å². The molecule has 1 N–H and O–H groups in total. The molecule has 0 saturated carbocycles. The molecule has 0 aliphatic rings. The number of aromatic nitrogens is 2. The summed E-state index contributed by atoms with van der Waals surface area (Å²) in [5, 5.41) is 16.0. The molecule has 0 radical (unpaired) electrons. The van der Waals surface area contributed by atoms with Crippen LogP contribution in [-0.2, 0) is 17.8 Å². The summed E-state index contributed by atoms with van der Waals surface area (Å²) in [4.78, 5) is 35.6. The van der Waals surface area contributed by atoms with Gasteiger partial charge < -0.3 is 5.32 Å². The Kier molecular flexibility index (Phi) is 6.02. The molecule has 0 unspecified atom stereocenters. The SMILES string of the molecule is CC(=O)NCCc1ccc(C(=O)Cn2nc(C)c(C)c(C#N)c2=O)cc1. The molecular weight excluding hydrogens is 332 g/mol. The zero-order chi connectivity index (χ0) is 19.3. The van der Waals surface area contributed by atoms with Crippen molar-refractivity contribution in [2.45, 2.75) is 33.7 Å². The van der Waals surface area contributed by atoms with Gasteiger partial charge in [-0.05, 0) is 31.4 Å². The molecule has 0 aliphatic heterocycles. The van der Waals surface area contributed by atoms with Crippen LogP contribution in [0.5, 0.6) is 0 Å². The quantitative estimate of drug-likeness (QED) is 0.789. The standard InChI is InChI=1S/C19H20N4O3/c1-12-13(2)22-23(19(26)17(12)10-20)11-18(25)16-6-4-15(5-7-16)8-9-21-14(3)24/h4-7H,8-9,11H2,1-3H3,(H,21,24). The Hall–Kier alpha value is -3.27. The Morgan fingerprint density at radius 2 is 1.88 bits per heavy atom. The van der Waals surface area contributed by atoms with Crippen molar-refractivity contribution < 1.29 is 9.59 Å². The third-order valence-electron chi connectivity index (χ3n) is 4.11. The van der Waals surface area contributed by atoms with E-state index < -0.39 is 5.56 Å². The highest BCUT2D eigenvalue weighted by atomic mass is 16.2. The number of nitrogens with one attached hydrogen (secondary N) is 1. The van der Waals surface area contributed by atoms with Gasteiger partial charge in [-0.25, -0.2) is 4.68 Å². The highest BCUT2D eigenvalue weighted by Gasteiger charge is 2.15. The van der Waals surface area contributed by atoms with Crippen LogP contribution in [-0.4, -0.2) is 28.0 Å². The lowest BCUT2D eigenvalue weighted by molar-refractivity contribution is -0.118. The van der Waals surface area contributed by atoms with E-state index in [4.69, 9.17) is 5.26 Å². The minimum atomic E-state index is -0.559. The molecule has 7 heteroatoms. The van der Waals surface area contributed by atoms with Gasteiger partial charge in [0, 0.05) is 19.0 Å². The van der Waals surface area contributed by atoms with Crippen molar-refractivity contribution in [2.75, 3.05) is 6.54 Å². The number of nitrogens with zero attached hydrogens (tertiary/aromatic N) is 3. The predicted molar refractivity (Wildman–Crippen MR) is 95.8 cm³/mol. The molecule has 1 heterocycles. The molecule has 7 nitrogen and oxygen atoms in total. The molecule has 1 aromatic carbocycles. The predicted octanol–water partition coefficient (Wildman–Crippen LogP) is 1.29. The number of benzene rings is 1. The second kappa shape index (κ2) is 8.21. The van der Waals surface area contributed by atoms with Crippen LogP contribution in [0.25, 0.3) is 0 Å². The molecular formula is C19H20N4O3. The first-order valence-corrected chi connectivity index (χ1v) is 8.18. The van der Waals surface area contributed by atoms with E-state index in [1.165, 1.54) is 6.92 Å². The van der Waals surface area contributed by atoms with Crippen LogP contribution in [0.15, 0.2) is 29.1 Å². The van der Waals surface area contributed by atoms with E-state index >= 15 is 0 Å². The Bertz CT molecular complexity index is 937. The van der Waals surface area contributed by atoms with E-state index in [2.05, 4.69) is 10.4 Å². The molecule has 2 rings (SSSR count).